The number of rotatable bonds is 4. The van der Waals surface area contributed by atoms with Crippen molar-refractivity contribution in [1.82, 2.24) is 10.2 Å². The van der Waals surface area contributed by atoms with Gasteiger partial charge in [-0.1, -0.05) is 25.0 Å². The molecule has 1 heterocycles. The summed E-state index contributed by atoms with van der Waals surface area (Å²) < 4.78 is 5.44. The van der Waals surface area contributed by atoms with E-state index >= 15 is 0 Å². The van der Waals surface area contributed by atoms with Crippen LogP contribution in [0.5, 0.6) is 0 Å². The van der Waals surface area contributed by atoms with Crippen molar-refractivity contribution in [1.29, 1.82) is 0 Å². The molecule has 5 nitrogen and oxygen atoms in total. The minimum atomic E-state index is -0.265. The van der Waals surface area contributed by atoms with Crippen LogP contribution in [0.4, 0.5) is 0 Å². The van der Waals surface area contributed by atoms with Crippen molar-refractivity contribution < 1.29 is 14.3 Å². The SMILES string of the molecule is O=C1c2ccccc2C(=O)N1CCOC(=S)NC1CCCC1. The lowest BCUT2D eigenvalue weighted by Crippen LogP contribution is -2.37. The fourth-order valence-electron chi connectivity index (χ4n) is 2.95. The number of amides is 2. The molecule has 1 aromatic rings. The molecule has 1 N–H and O–H groups in total. The molecule has 1 aliphatic heterocycles. The maximum atomic E-state index is 12.2. The van der Waals surface area contributed by atoms with Crippen LogP contribution in [0, 0.1) is 0 Å². The number of carbonyl (C=O) groups is 2. The van der Waals surface area contributed by atoms with Crippen LogP contribution in [0.25, 0.3) is 0 Å². The van der Waals surface area contributed by atoms with Crippen LogP contribution in [0.15, 0.2) is 24.3 Å². The van der Waals surface area contributed by atoms with E-state index in [2.05, 4.69) is 5.32 Å². The molecule has 0 aromatic heterocycles. The molecule has 0 radical (unpaired) electrons. The number of fused-ring (bicyclic) bond motifs is 1. The van der Waals surface area contributed by atoms with Crippen molar-refractivity contribution in [3.8, 4) is 0 Å². The molecule has 116 valence electrons. The maximum absolute atomic E-state index is 12.2. The number of imide groups is 1. The summed E-state index contributed by atoms with van der Waals surface area (Å²) in [5, 5.41) is 3.52. The zero-order chi connectivity index (χ0) is 15.5. The molecule has 1 aliphatic carbocycles. The maximum Gasteiger partial charge on any atom is 0.261 e. The lowest BCUT2D eigenvalue weighted by molar-refractivity contribution is 0.0627. The van der Waals surface area contributed by atoms with E-state index in [0.29, 0.717) is 22.3 Å². The first kappa shape index (κ1) is 15.0. The molecule has 2 aliphatic rings. The molecule has 0 atom stereocenters. The minimum absolute atomic E-state index is 0.207. The summed E-state index contributed by atoms with van der Waals surface area (Å²) in [6.07, 6.45) is 4.66. The Labute approximate surface area is 134 Å². The molecule has 1 fully saturated rings. The summed E-state index contributed by atoms with van der Waals surface area (Å²) in [5.74, 6) is -0.530. The Kier molecular flexibility index (Phi) is 4.38. The molecule has 6 heteroatoms. The van der Waals surface area contributed by atoms with Gasteiger partial charge in [0.1, 0.15) is 6.61 Å². The van der Waals surface area contributed by atoms with Crippen LogP contribution in [-0.4, -0.2) is 41.1 Å². The van der Waals surface area contributed by atoms with Crippen molar-refractivity contribution in [2.75, 3.05) is 13.2 Å². The van der Waals surface area contributed by atoms with Crippen molar-refractivity contribution in [2.24, 2.45) is 0 Å². The average molecular weight is 318 g/mol. The highest BCUT2D eigenvalue weighted by Gasteiger charge is 2.34. The van der Waals surface area contributed by atoms with E-state index in [9.17, 15) is 9.59 Å². The second kappa shape index (κ2) is 6.44. The van der Waals surface area contributed by atoms with Gasteiger partial charge in [-0.05, 0) is 37.2 Å². The van der Waals surface area contributed by atoms with E-state index in [0.717, 1.165) is 12.8 Å². The third-order valence-electron chi connectivity index (χ3n) is 4.10. The number of ether oxygens (including phenoxy) is 1. The first-order valence-electron chi connectivity index (χ1n) is 7.55. The van der Waals surface area contributed by atoms with E-state index in [-0.39, 0.29) is 25.0 Å². The molecule has 22 heavy (non-hydrogen) atoms. The topological polar surface area (TPSA) is 58.6 Å². The summed E-state index contributed by atoms with van der Waals surface area (Å²) in [5.41, 5.74) is 0.915. The van der Waals surface area contributed by atoms with Crippen LogP contribution in [0.3, 0.4) is 0 Å². The lowest BCUT2D eigenvalue weighted by atomic mass is 10.1. The molecular formula is C16H18N2O3S. The van der Waals surface area contributed by atoms with Crippen molar-refractivity contribution in [3.63, 3.8) is 0 Å². The van der Waals surface area contributed by atoms with Gasteiger partial charge in [0, 0.05) is 6.04 Å². The van der Waals surface area contributed by atoms with Crippen LogP contribution in [-0.2, 0) is 4.74 Å². The normalized spacial score (nSPS) is 17.7. The van der Waals surface area contributed by atoms with Gasteiger partial charge in [-0.25, -0.2) is 0 Å². The zero-order valence-electron chi connectivity index (χ0n) is 12.2. The first-order chi connectivity index (χ1) is 10.7. The molecule has 0 spiro atoms. The predicted molar refractivity (Wildman–Crippen MR) is 85.8 cm³/mol. The number of hydrogen-bond donors (Lipinski definition) is 1. The second-order valence-electron chi connectivity index (χ2n) is 5.57. The third kappa shape index (κ3) is 2.97. The Balaban J connectivity index is 1.49. The van der Waals surface area contributed by atoms with E-state index in [1.807, 2.05) is 0 Å². The Morgan fingerprint density at radius 1 is 1.18 bits per heavy atom. The monoisotopic (exact) mass is 318 g/mol. The predicted octanol–water partition coefficient (Wildman–Crippen LogP) is 2.12. The summed E-state index contributed by atoms with van der Waals surface area (Å²) in [4.78, 5) is 25.5. The number of hydrogen-bond acceptors (Lipinski definition) is 4. The molecule has 0 saturated heterocycles. The quantitative estimate of drug-likeness (QED) is 0.681. The molecule has 0 bridgehead atoms. The number of carbonyl (C=O) groups excluding carboxylic acids is 2. The number of nitrogens with one attached hydrogen (secondary N) is 1. The fraction of sp³-hybridized carbons (Fsp3) is 0.438. The number of thiocarbonyl (C=S) groups is 1. The van der Waals surface area contributed by atoms with E-state index in [1.54, 1.807) is 24.3 Å². The van der Waals surface area contributed by atoms with E-state index in [1.165, 1.54) is 17.7 Å². The van der Waals surface area contributed by atoms with Gasteiger partial charge in [0.05, 0.1) is 17.7 Å². The smallest absolute Gasteiger partial charge is 0.261 e. The molecule has 1 saturated carbocycles. The van der Waals surface area contributed by atoms with E-state index in [4.69, 9.17) is 17.0 Å². The Morgan fingerprint density at radius 2 is 1.77 bits per heavy atom. The molecule has 0 unspecified atom stereocenters. The van der Waals surface area contributed by atoms with Crippen molar-refractivity contribution in [3.05, 3.63) is 35.4 Å². The van der Waals surface area contributed by atoms with Gasteiger partial charge < -0.3 is 10.1 Å². The summed E-state index contributed by atoms with van der Waals surface area (Å²) in [6, 6.07) is 7.24. The Hall–Kier alpha value is -1.95. The minimum Gasteiger partial charge on any atom is -0.469 e. The molecule has 3 rings (SSSR count). The summed E-state index contributed by atoms with van der Waals surface area (Å²) in [7, 11) is 0. The number of nitrogens with zero attached hydrogens (tertiary/aromatic N) is 1. The summed E-state index contributed by atoms with van der Waals surface area (Å²) in [6.45, 7) is 0.419. The highest BCUT2D eigenvalue weighted by Crippen LogP contribution is 2.22. The van der Waals surface area contributed by atoms with Gasteiger partial charge in [0.25, 0.3) is 17.0 Å². The fourth-order valence-corrected chi connectivity index (χ4v) is 3.20. The largest absolute Gasteiger partial charge is 0.469 e. The van der Waals surface area contributed by atoms with Gasteiger partial charge in [-0.3, -0.25) is 14.5 Å². The Bertz CT molecular complexity index is 576. The van der Waals surface area contributed by atoms with Crippen molar-refractivity contribution in [2.45, 2.75) is 31.7 Å². The molecule has 2 amide bonds. The van der Waals surface area contributed by atoms with Crippen LogP contribution >= 0.6 is 12.2 Å². The number of benzene rings is 1. The van der Waals surface area contributed by atoms with Gasteiger partial charge in [-0.2, -0.15) is 0 Å². The lowest BCUT2D eigenvalue weighted by Gasteiger charge is -2.17. The van der Waals surface area contributed by atoms with Gasteiger partial charge in [0.2, 0.25) is 0 Å². The highest BCUT2D eigenvalue weighted by molar-refractivity contribution is 7.80. The third-order valence-corrected chi connectivity index (χ3v) is 4.34. The van der Waals surface area contributed by atoms with Crippen LogP contribution < -0.4 is 5.32 Å². The van der Waals surface area contributed by atoms with Gasteiger partial charge in [0.15, 0.2) is 0 Å². The van der Waals surface area contributed by atoms with E-state index < -0.39 is 0 Å². The van der Waals surface area contributed by atoms with Crippen LogP contribution in [0.2, 0.25) is 0 Å². The first-order valence-corrected chi connectivity index (χ1v) is 7.96. The zero-order valence-corrected chi connectivity index (χ0v) is 13.0. The second-order valence-corrected chi connectivity index (χ2v) is 5.94. The Morgan fingerprint density at radius 3 is 2.36 bits per heavy atom. The molecular weight excluding hydrogens is 300 g/mol. The average Bonchev–Trinajstić information content (AvgIpc) is 3.10. The highest BCUT2D eigenvalue weighted by atomic mass is 32.1. The molecule has 1 aromatic carbocycles. The van der Waals surface area contributed by atoms with Crippen LogP contribution in [0.1, 0.15) is 46.4 Å². The van der Waals surface area contributed by atoms with Gasteiger partial charge >= 0.3 is 0 Å². The summed E-state index contributed by atoms with van der Waals surface area (Å²) >= 11 is 5.14. The van der Waals surface area contributed by atoms with Gasteiger partial charge in [-0.15, -0.1) is 0 Å². The van der Waals surface area contributed by atoms with Crippen molar-refractivity contribution >= 4 is 29.2 Å². The standard InChI is InChI=1S/C16H18N2O3S/c19-14-12-7-3-4-8-13(12)15(20)18(14)9-10-21-16(22)17-11-5-1-2-6-11/h3-4,7-8,11H,1-2,5-6,9-10H2,(H,17,22).